The van der Waals surface area contributed by atoms with Crippen LogP contribution in [0.1, 0.15) is 33.6 Å². The molecule has 1 aliphatic rings. The zero-order valence-electron chi connectivity index (χ0n) is 19.3. The molecule has 0 unspecified atom stereocenters. The Labute approximate surface area is 211 Å². The topological polar surface area (TPSA) is 88.6 Å². The summed E-state index contributed by atoms with van der Waals surface area (Å²) in [5.41, 5.74) is 1.54. The van der Waals surface area contributed by atoms with E-state index in [2.05, 4.69) is 15.0 Å². The first kappa shape index (κ1) is 26.1. The van der Waals surface area contributed by atoms with Crippen LogP contribution in [0.2, 0.25) is 0 Å². The van der Waals surface area contributed by atoms with Gasteiger partial charge in [0.15, 0.2) is 5.13 Å². The van der Waals surface area contributed by atoms with Crippen LogP contribution in [0, 0.1) is 12.8 Å². The third kappa shape index (κ3) is 6.23. The van der Waals surface area contributed by atoms with Gasteiger partial charge < -0.3 is 10.1 Å². The van der Waals surface area contributed by atoms with Crippen molar-refractivity contribution >= 4 is 32.3 Å². The molecule has 12 heteroatoms. The monoisotopic (exact) mass is 539 g/mol. The summed E-state index contributed by atoms with van der Waals surface area (Å²) in [7, 11) is -3.82. The fourth-order valence-corrected chi connectivity index (χ4v) is 6.22. The van der Waals surface area contributed by atoms with E-state index >= 15 is 0 Å². The summed E-state index contributed by atoms with van der Waals surface area (Å²) in [6, 6.07) is 11.6. The number of carbonyl (C=O) groups is 1. The highest BCUT2D eigenvalue weighted by Crippen LogP contribution is 2.28. The van der Waals surface area contributed by atoms with Gasteiger partial charge in [-0.2, -0.15) is 4.31 Å². The Balaban J connectivity index is 1.29. The standard InChI is InChI=1S/C24H24F3N3O4S2/c1-16-4-2-3-5-20(16)22(31)21-15-29-23(35-21)28-14-17-10-12-30(13-11-17)36(32,33)19-8-6-18(7-9-19)34-24(25,26)27/h2-9,15,17H,10-14H2,1H3,(H,28,29). The molecule has 0 radical (unpaired) electrons. The number of benzene rings is 2. The van der Waals surface area contributed by atoms with Gasteiger partial charge in [-0.1, -0.05) is 35.6 Å². The number of rotatable bonds is 8. The Hall–Kier alpha value is -2.96. The summed E-state index contributed by atoms with van der Waals surface area (Å²) in [6.07, 6.45) is -2.06. The van der Waals surface area contributed by atoms with Gasteiger partial charge in [-0.3, -0.25) is 4.79 Å². The van der Waals surface area contributed by atoms with E-state index in [4.69, 9.17) is 0 Å². The molecule has 0 atom stereocenters. The van der Waals surface area contributed by atoms with Crippen LogP contribution in [0.3, 0.4) is 0 Å². The van der Waals surface area contributed by atoms with Crippen molar-refractivity contribution in [2.45, 2.75) is 31.0 Å². The highest BCUT2D eigenvalue weighted by atomic mass is 32.2. The summed E-state index contributed by atoms with van der Waals surface area (Å²) < 4.78 is 67.9. The maximum atomic E-state index is 12.9. The first-order valence-electron chi connectivity index (χ1n) is 11.2. The van der Waals surface area contributed by atoms with Gasteiger partial charge in [0.1, 0.15) is 5.75 Å². The summed E-state index contributed by atoms with van der Waals surface area (Å²) in [4.78, 5) is 17.5. The van der Waals surface area contributed by atoms with Gasteiger partial charge in [0.05, 0.1) is 16.0 Å². The van der Waals surface area contributed by atoms with Crippen LogP contribution in [0.4, 0.5) is 18.3 Å². The predicted molar refractivity (Wildman–Crippen MR) is 130 cm³/mol. The van der Waals surface area contributed by atoms with Crippen molar-refractivity contribution in [1.29, 1.82) is 0 Å². The highest BCUT2D eigenvalue weighted by molar-refractivity contribution is 7.89. The third-order valence-corrected chi connectivity index (χ3v) is 8.80. The number of ketones is 1. The molecule has 2 aromatic carbocycles. The molecule has 36 heavy (non-hydrogen) atoms. The van der Waals surface area contributed by atoms with Crippen LogP contribution in [0.15, 0.2) is 59.6 Å². The van der Waals surface area contributed by atoms with E-state index in [1.165, 1.54) is 15.6 Å². The van der Waals surface area contributed by atoms with Crippen LogP contribution in [0.5, 0.6) is 5.75 Å². The number of nitrogens with one attached hydrogen (secondary N) is 1. The lowest BCUT2D eigenvalue weighted by atomic mass is 9.98. The van der Waals surface area contributed by atoms with Gasteiger partial charge in [0.25, 0.3) is 0 Å². The Morgan fingerprint density at radius 1 is 1.14 bits per heavy atom. The highest BCUT2D eigenvalue weighted by Gasteiger charge is 2.32. The Kier molecular flexibility index (Phi) is 7.67. The number of anilines is 1. The number of aromatic nitrogens is 1. The van der Waals surface area contributed by atoms with Crippen LogP contribution in [-0.4, -0.2) is 49.5 Å². The van der Waals surface area contributed by atoms with E-state index in [1.54, 1.807) is 12.3 Å². The van der Waals surface area contributed by atoms with E-state index < -0.39 is 22.1 Å². The number of hydrogen-bond donors (Lipinski definition) is 1. The molecular weight excluding hydrogens is 515 g/mol. The normalized spacial score (nSPS) is 15.6. The molecule has 3 aromatic rings. The Bertz CT molecular complexity index is 1320. The maximum absolute atomic E-state index is 12.9. The number of alkyl halides is 3. The van der Waals surface area contributed by atoms with E-state index in [-0.39, 0.29) is 16.6 Å². The molecule has 0 spiro atoms. The number of piperidine rings is 1. The van der Waals surface area contributed by atoms with Crippen molar-refractivity contribution in [1.82, 2.24) is 9.29 Å². The summed E-state index contributed by atoms with van der Waals surface area (Å²) in [6.45, 7) is 3.06. The lowest BCUT2D eigenvalue weighted by Gasteiger charge is -2.31. The number of thiazole rings is 1. The summed E-state index contributed by atoms with van der Waals surface area (Å²) >= 11 is 1.28. The van der Waals surface area contributed by atoms with Crippen molar-refractivity contribution in [3.05, 3.63) is 70.7 Å². The molecule has 0 bridgehead atoms. The number of carbonyl (C=O) groups excluding carboxylic acids is 1. The number of nitrogens with zero attached hydrogens (tertiary/aromatic N) is 2. The minimum atomic E-state index is -4.84. The average molecular weight is 540 g/mol. The van der Waals surface area contributed by atoms with Gasteiger partial charge in [-0.15, -0.1) is 13.2 Å². The summed E-state index contributed by atoms with van der Waals surface area (Å²) in [5.74, 6) is -0.342. The number of ether oxygens (including phenoxy) is 1. The van der Waals surface area contributed by atoms with E-state index in [9.17, 15) is 26.4 Å². The van der Waals surface area contributed by atoms with Crippen LogP contribution in [0.25, 0.3) is 0 Å². The van der Waals surface area contributed by atoms with Crippen LogP contribution in [-0.2, 0) is 10.0 Å². The molecule has 0 saturated carbocycles. The Morgan fingerprint density at radius 3 is 2.44 bits per heavy atom. The molecule has 1 saturated heterocycles. The summed E-state index contributed by atoms with van der Waals surface area (Å²) in [5, 5.41) is 3.88. The molecular formula is C24H24F3N3O4S2. The van der Waals surface area contributed by atoms with Crippen molar-refractivity contribution in [2.75, 3.05) is 25.0 Å². The minimum absolute atomic E-state index is 0.0739. The van der Waals surface area contributed by atoms with Gasteiger partial charge in [-0.25, -0.2) is 13.4 Å². The lowest BCUT2D eigenvalue weighted by Crippen LogP contribution is -2.39. The number of halogens is 3. The molecule has 1 fully saturated rings. The molecule has 1 N–H and O–H groups in total. The number of hydrogen-bond acceptors (Lipinski definition) is 7. The Morgan fingerprint density at radius 2 is 1.81 bits per heavy atom. The third-order valence-electron chi connectivity index (χ3n) is 5.93. The first-order chi connectivity index (χ1) is 17.0. The molecule has 1 aromatic heterocycles. The fraction of sp³-hybridized carbons (Fsp3) is 0.333. The zero-order valence-corrected chi connectivity index (χ0v) is 20.9. The maximum Gasteiger partial charge on any atom is 0.573 e. The van der Waals surface area contributed by atoms with Crippen molar-refractivity contribution in [3.8, 4) is 5.75 Å². The van der Waals surface area contributed by atoms with Crippen LogP contribution < -0.4 is 10.1 Å². The largest absolute Gasteiger partial charge is 0.573 e. The molecule has 0 aliphatic carbocycles. The van der Waals surface area contributed by atoms with Gasteiger partial charge in [0.2, 0.25) is 15.8 Å². The van der Waals surface area contributed by atoms with E-state index in [0.717, 1.165) is 29.8 Å². The zero-order chi connectivity index (χ0) is 25.9. The average Bonchev–Trinajstić information content (AvgIpc) is 3.31. The second-order valence-electron chi connectivity index (χ2n) is 8.42. The van der Waals surface area contributed by atoms with Crippen molar-refractivity contribution < 1.29 is 31.1 Å². The van der Waals surface area contributed by atoms with E-state index in [1.807, 2.05) is 25.1 Å². The lowest BCUT2D eigenvalue weighted by molar-refractivity contribution is -0.274. The van der Waals surface area contributed by atoms with E-state index in [0.29, 0.717) is 48.0 Å². The van der Waals surface area contributed by atoms with Crippen molar-refractivity contribution in [3.63, 3.8) is 0 Å². The molecule has 192 valence electrons. The second kappa shape index (κ2) is 10.6. The molecule has 0 amide bonds. The predicted octanol–water partition coefficient (Wildman–Crippen LogP) is 5.09. The molecule has 4 rings (SSSR count). The van der Waals surface area contributed by atoms with Gasteiger partial charge >= 0.3 is 6.36 Å². The molecule has 7 nitrogen and oxygen atoms in total. The second-order valence-corrected chi connectivity index (χ2v) is 11.4. The smallest absolute Gasteiger partial charge is 0.406 e. The molecule has 1 aliphatic heterocycles. The van der Waals surface area contributed by atoms with Gasteiger partial charge in [-0.05, 0) is 55.5 Å². The number of sulfonamides is 1. The quantitative estimate of drug-likeness (QED) is 0.401. The van der Waals surface area contributed by atoms with Crippen LogP contribution >= 0.6 is 11.3 Å². The van der Waals surface area contributed by atoms with Gasteiger partial charge in [0, 0.05) is 25.2 Å². The van der Waals surface area contributed by atoms with Crippen molar-refractivity contribution in [2.24, 2.45) is 5.92 Å². The minimum Gasteiger partial charge on any atom is -0.406 e. The SMILES string of the molecule is Cc1ccccc1C(=O)c1cnc(NCC2CCN(S(=O)(=O)c3ccc(OC(F)(F)F)cc3)CC2)s1. The first-order valence-corrected chi connectivity index (χ1v) is 13.4. The fourth-order valence-electron chi connectivity index (χ4n) is 3.97. The number of aryl methyl sites for hydroxylation is 1. The molecule has 2 heterocycles.